The summed E-state index contributed by atoms with van der Waals surface area (Å²) in [6.07, 6.45) is 19.8. The molecule has 0 spiro atoms. The minimum absolute atomic E-state index is 0.597. The lowest BCUT2D eigenvalue weighted by molar-refractivity contribution is 0.878. The number of rotatable bonds is 8. The molecule has 7 aromatic rings. The molecular formula is C48H38N6. The molecule has 4 aromatic carbocycles. The lowest BCUT2D eigenvalue weighted by Crippen LogP contribution is -2.05. The summed E-state index contributed by atoms with van der Waals surface area (Å²) in [7, 11) is 0. The van der Waals surface area contributed by atoms with Crippen molar-refractivity contribution in [3.63, 3.8) is 0 Å². The molecule has 9 rings (SSSR count). The van der Waals surface area contributed by atoms with Crippen molar-refractivity contribution in [1.29, 1.82) is 0 Å². The van der Waals surface area contributed by atoms with Crippen LogP contribution in [0.2, 0.25) is 0 Å². The quantitative estimate of drug-likeness (QED) is 0.117. The van der Waals surface area contributed by atoms with Crippen molar-refractivity contribution in [2.45, 2.75) is 32.6 Å². The van der Waals surface area contributed by atoms with Crippen molar-refractivity contribution >= 4 is 28.9 Å². The highest BCUT2D eigenvalue weighted by Crippen LogP contribution is 2.39. The van der Waals surface area contributed by atoms with Gasteiger partial charge in [0.05, 0.1) is 40.2 Å². The summed E-state index contributed by atoms with van der Waals surface area (Å²) >= 11 is 0. The highest BCUT2D eigenvalue weighted by molar-refractivity contribution is 5.89. The Bertz CT molecular complexity index is 2740. The van der Waals surface area contributed by atoms with Crippen LogP contribution in [0.5, 0.6) is 0 Å². The maximum absolute atomic E-state index is 5.38. The number of imidazole rings is 3. The van der Waals surface area contributed by atoms with Gasteiger partial charge in [0.15, 0.2) is 0 Å². The van der Waals surface area contributed by atoms with Crippen molar-refractivity contribution in [2.75, 3.05) is 0 Å². The van der Waals surface area contributed by atoms with Crippen LogP contribution >= 0.6 is 0 Å². The lowest BCUT2D eigenvalue weighted by atomic mass is 10.0. The van der Waals surface area contributed by atoms with Gasteiger partial charge in [-0.25, -0.2) is 15.0 Å². The lowest BCUT2D eigenvalue weighted by Gasteiger charge is -2.17. The molecule has 0 saturated carbocycles. The van der Waals surface area contributed by atoms with E-state index in [0.717, 1.165) is 92.2 Å². The molecule has 0 fully saturated rings. The number of benzene rings is 4. The van der Waals surface area contributed by atoms with Gasteiger partial charge < -0.3 is 0 Å². The minimum atomic E-state index is 0.597. The molecule has 2 aliphatic rings. The summed E-state index contributed by atoms with van der Waals surface area (Å²) in [4.78, 5) is 16.0. The fourth-order valence-corrected chi connectivity index (χ4v) is 7.50. The predicted molar refractivity (Wildman–Crippen MR) is 222 cm³/mol. The molecule has 0 saturated heterocycles. The van der Waals surface area contributed by atoms with Gasteiger partial charge in [-0.2, -0.15) is 0 Å². The zero-order valence-electron chi connectivity index (χ0n) is 30.2. The Morgan fingerprint density at radius 1 is 0.685 bits per heavy atom. The molecule has 0 N–H and O–H groups in total. The number of hydrogen-bond donors (Lipinski definition) is 0. The summed E-state index contributed by atoms with van der Waals surface area (Å²) in [6.45, 7) is 6.24. The second-order valence-corrected chi connectivity index (χ2v) is 13.3. The molecule has 54 heavy (non-hydrogen) atoms. The van der Waals surface area contributed by atoms with Crippen molar-refractivity contribution in [3.05, 3.63) is 169 Å². The smallest absolute Gasteiger partial charge is 0.145 e. The molecular weight excluding hydrogens is 661 g/mol. The van der Waals surface area contributed by atoms with Gasteiger partial charge in [-0.05, 0) is 98.7 Å². The molecule has 0 aliphatic heterocycles. The van der Waals surface area contributed by atoms with Crippen LogP contribution in [0, 0.1) is 11.8 Å². The Morgan fingerprint density at radius 2 is 1.30 bits per heavy atom. The van der Waals surface area contributed by atoms with E-state index in [2.05, 4.69) is 153 Å². The number of para-hydroxylation sites is 4. The van der Waals surface area contributed by atoms with Crippen molar-refractivity contribution in [1.82, 2.24) is 28.7 Å². The van der Waals surface area contributed by atoms with E-state index in [-0.39, 0.29) is 0 Å². The average molecular weight is 699 g/mol. The number of fused-ring (bicyclic) bond motifs is 3. The first kappa shape index (κ1) is 32.9. The van der Waals surface area contributed by atoms with Gasteiger partial charge in [-0.15, -0.1) is 0 Å². The number of hydrogen-bond acceptors (Lipinski definition) is 3. The van der Waals surface area contributed by atoms with E-state index < -0.39 is 0 Å². The topological polar surface area (TPSA) is 53.5 Å². The zero-order chi connectivity index (χ0) is 36.4. The largest absolute Gasteiger partial charge is 0.296 e. The normalized spacial score (nSPS) is 13.7. The van der Waals surface area contributed by atoms with E-state index >= 15 is 0 Å². The van der Waals surface area contributed by atoms with E-state index in [1.165, 1.54) is 5.69 Å². The highest BCUT2D eigenvalue weighted by atomic mass is 15.1. The van der Waals surface area contributed by atoms with E-state index in [1.807, 2.05) is 37.3 Å². The van der Waals surface area contributed by atoms with Crippen LogP contribution in [-0.2, 0) is 12.8 Å². The van der Waals surface area contributed by atoms with Crippen LogP contribution in [0.4, 0.5) is 0 Å². The molecule has 0 atom stereocenters. The molecule has 3 heterocycles. The monoisotopic (exact) mass is 698 g/mol. The zero-order valence-corrected chi connectivity index (χ0v) is 30.2. The maximum atomic E-state index is 5.38. The van der Waals surface area contributed by atoms with Crippen LogP contribution in [0.3, 0.4) is 0 Å². The van der Waals surface area contributed by atoms with Gasteiger partial charge in [0.25, 0.3) is 0 Å². The fourth-order valence-electron chi connectivity index (χ4n) is 7.50. The van der Waals surface area contributed by atoms with E-state index in [9.17, 15) is 0 Å². The molecule has 0 amide bonds. The predicted octanol–water partition coefficient (Wildman–Crippen LogP) is 10.9. The Hall–Kier alpha value is -6.97. The van der Waals surface area contributed by atoms with Crippen LogP contribution in [0.15, 0.2) is 146 Å². The van der Waals surface area contributed by atoms with Gasteiger partial charge >= 0.3 is 0 Å². The third-order valence-corrected chi connectivity index (χ3v) is 9.93. The summed E-state index contributed by atoms with van der Waals surface area (Å²) in [5.74, 6) is 9.19. The standard InChI is InChI=1S/C48H38N6/c1-3-5-20-37(4-2)52-43-29-18-16-26-41(43)49-46(52)34-31-35(47-50-40-25-14-6-7-15-28-44(40)53(47)38-21-10-8-11-22-38)33-36(32-34)48-51-42-27-17-19-30-45(42)54(48)39-23-12-9-13-24-39/h3-5,8-14,16-18,20-27,29,31-33H,2,6,19,28,30H2,1H3/b5-3-,25-14?,37-20+. The van der Waals surface area contributed by atoms with Crippen LogP contribution in [0.25, 0.3) is 74.4 Å². The summed E-state index contributed by atoms with van der Waals surface area (Å²) in [5, 5.41) is 0. The molecule has 0 unspecified atom stereocenters. The van der Waals surface area contributed by atoms with Crippen LogP contribution in [0.1, 0.15) is 42.5 Å². The third-order valence-electron chi connectivity index (χ3n) is 9.93. The average Bonchev–Trinajstić information content (AvgIpc) is 3.91. The van der Waals surface area contributed by atoms with E-state index in [4.69, 9.17) is 15.0 Å². The Labute approximate surface area is 315 Å². The van der Waals surface area contributed by atoms with Gasteiger partial charge in [0.1, 0.15) is 17.5 Å². The third kappa shape index (κ3) is 5.86. The van der Waals surface area contributed by atoms with Gasteiger partial charge in [0, 0.05) is 40.2 Å². The maximum Gasteiger partial charge on any atom is 0.145 e. The van der Waals surface area contributed by atoms with Crippen molar-refractivity contribution < 1.29 is 0 Å². The first-order valence-corrected chi connectivity index (χ1v) is 18.4. The number of allylic oxidation sites excluding steroid dienone is 7. The highest BCUT2D eigenvalue weighted by Gasteiger charge is 2.25. The second-order valence-electron chi connectivity index (χ2n) is 13.3. The Kier molecular flexibility index (Phi) is 8.66. The molecule has 6 nitrogen and oxygen atoms in total. The molecule has 0 radical (unpaired) electrons. The van der Waals surface area contributed by atoms with Crippen LogP contribution < -0.4 is 0 Å². The molecule has 3 aromatic heterocycles. The first-order chi connectivity index (χ1) is 26.7. The van der Waals surface area contributed by atoms with Gasteiger partial charge in [-0.1, -0.05) is 91.3 Å². The molecule has 0 bridgehead atoms. The van der Waals surface area contributed by atoms with Gasteiger partial charge in [-0.3, -0.25) is 13.7 Å². The van der Waals surface area contributed by atoms with Crippen LogP contribution in [-0.4, -0.2) is 28.7 Å². The molecule has 2 aliphatic carbocycles. The summed E-state index contributed by atoms with van der Waals surface area (Å²) < 4.78 is 6.79. The minimum Gasteiger partial charge on any atom is -0.296 e. The Morgan fingerprint density at radius 3 is 1.98 bits per heavy atom. The second kappa shape index (κ2) is 14.2. The SMILES string of the molecule is C=C/C(=C\C=C/C)n1c(-c2cc(-c3nc4c(n3-c3ccccc3)CC#CCC=C4)cc(-c3nc4c(n3-c3ccccc3)CCC=C4)c2)nc2ccccc21. The molecule has 260 valence electrons. The van der Waals surface area contributed by atoms with E-state index in [0.29, 0.717) is 12.8 Å². The van der Waals surface area contributed by atoms with Gasteiger partial charge in [0.2, 0.25) is 0 Å². The summed E-state index contributed by atoms with van der Waals surface area (Å²) in [6, 6.07) is 36.0. The fraction of sp³-hybridized carbons (Fsp3) is 0.104. The Balaban J connectivity index is 1.38. The number of aromatic nitrogens is 6. The first-order valence-electron chi connectivity index (χ1n) is 18.4. The van der Waals surface area contributed by atoms with Crippen molar-refractivity contribution in [2.24, 2.45) is 0 Å². The molecule has 6 heteroatoms. The van der Waals surface area contributed by atoms with E-state index in [1.54, 1.807) is 0 Å². The number of nitrogens with zero attached hydrogens (tertiary/aromatic N) is 6. The van der Waals surface area contributed by atoms with Crippen molar-refractivity contribution in [3.8, 4) is 57.4 Å². The summed E-state index contributed by atoms with van der Waals surface area (Å²) in [5.41, 5.74) is 12.0.